The zero-order valence-corrected chi connectivity index (χ0v) is 9.78. The van der Waals surface area contributed by atoms with E-state index in [2.05, 4.69) is 31.1 Å². The van der Waals surface area contributed by atoms with Gasteiger partial charge >= 0.3 is 0 Å². The molecule has 0 radical (unpaired) electrons. The quantitative estimate of drug-likeness (QED) is 0.399. The zero-order valence-electron chi connectivity index (χ0n) is 9.78. The predicted molar refractivity (Wildman–Crippen MR) is 67.9 cm³/mol. The van der Waals surface area contributed by atoms with Gasteiger partial charge in [-0.3, -0.25) is 0 Å². The van der Waals surface area contributed by atoms with Crippen LogP contribution in [0.4, 0.5) is 0 Å². The first kappa shape index (κ1) is 12.5. The molecule has 0 aliphatic rings. The third kappa shape index (κ3) is 5.38. The average molecular weight is 214 g/mol. The summed E-state index contributed by atoms with van der Waals surface area (Å²) in [5.74, 6) is 2.62. The Balaban J connectivity index is 2.21. The van der Waals surface area contributed by atoms with Crippen molar-refractivity contribution in [3.63, 3.8) is 0 Å². The van der Waals surface area contributed by atoms with Crippen LogP contribution in [0.1, 0.15) is 25.3 Å². The first-order chi connectivity index (χ1) is 7.83. The number of ether oxygens (including phenoxy) is 1. The molecule has 0 N–H and O–H groups in total. The van der Waals surface area contributed by atoms with Crippen LogP contribution in [0.15, 0.2) is 42.0 Å². The topological polar surface area (TPSA) is 9.23 Å². The highest BCUT2D eigenvalue weighted by Gasteiger charge is 1.93. The lowest BCUT2D eigenvalue weighted by molar-refractivity contribution is 0.142. The van der Waals surface area contributed by atoms with Crippen molar-refractivity contribution in [1.29, 1.82) is 0 Å². The molecule has 1 aromatic rings. The summed E-state index contributed by atoms with van der Waals surface area (Å²) >= 11 is 0. The minimum absolute atomic E-state index is 0.668. The molecule has 1 rings (SSSR count). The summed E-state index contributed by atoms with van der Waals surface area (Å²) < 4.78 is 5.59. The molecular weight excluding hydrogens is 196 g/mol. The van der Waals surface area contributed by atoms with E-state index in [1.807, 2.05) is 18.2 Å². The normalized spacial score (nSPS) is 11.1. The van der Waals surface area contributed by atoms with Gasteiger partial charge in [0.2, 0.25) is 0 Å². The minimum Gasteiger partial charge on any atom is -0.372 e. The van der Waals surface area contributed by atoms with Gasteiger partial charge in [-0.1, -0.05) is 42.0 Å². The Morgan fingerprint density at radius 3 is 2.81 bits per heavy atom. The van der Waals surface area contributed by atoms with Gasteiger partial charge in [0.05, 0.1) is 13.2 Å². The molecule has 0 atom stereocenters. The lowest BCUT2D eigenvalue weighted by Gasteiger charge is -2.04. The SMILES string of the molecule is C#CCC/C=C(\C)COCc1ccccc1. The number of terminal acetylenes is 1. The number of hydrogen-bond acceptors (Lipinski definition) is 1. The molecule has 0 spiro atoms. The lowest BCUT2D eigenvalue weighted by Crippen LogP contribution is -1.96. The molecule has 0 saturated carbocycles. The van der Waals surface area contributed by atoms with Crippen LogP contribution in [-0.2, 0) is 11.3 Å². The fourth-order valence-electron chi connectivity index (χ4n) is 1.36. The van der Waals surface area contributed by atoms with Crippen molar-refractivity contribution < 1.29 is 4.74 Å². The Morgan fingerprint density at radius 2 is 2.12 bits per heavy atom. The van der Waals surface area contributed by atoms with Crippen LogP contribution in [0.2, 0.25) is 0 Å². The van der Waals surface area contributed by atoms with Crippen molar-refractivity contribution in [2.45, 2.75) is 26.4 Å². The van der Waals surface area contributed by atoms with Gasteiger partial charge in [0.25, 0.3) is 0 Å². The molecule has 84 valence electrons. The molecule has 1 aromatic carbocycles. The van der Waals surface area contributed by atoms with Crippen molar-refractivity contribution in [3.05, 3.63) is 47.5 Å². The summed E-state index contributed by atoms with van der Waals surface area (Å²) in [6.45, 7) is 3.42. The highest BCUT2D eigenvalue weighted by molar-refractivity contribution is 5.13. The van der Waals surface area contributed by atoms with E-state index in [1.165, 1.54) is 11.1 Å². The van der Waals surface area contributed by atoms with Gasteiger partial charge in [0.1, 0.15) is 0 Å². The number of unbranched alkanes of at least 4 members (excludes halogenated alkanes) is 1. The Labute approximate surface area is 98.1 Å². The van der Waals surface area contributed by atoms with Crippen LogP contribution in [0.25, 0.3) is 0 Å². The molecule has 0 heterocycles. The third-order valence-corrected chi connectivity index (χ3v) is 2.22. The molecule has 0 bridgehead atoms. The Kier molecular flexibility index (Phi) is 6.06. The van der Waals surface area contributed by atoms with Crippen LogP contribution in [0.3, 0.4) is 0 Å². The van der Waals surface area contributed by atoms with Crippen molar-refractivity contribution >= 4 is 0 Å². The van der Waals surface area contributed by atoms with Crippen LogP contribution in [0, 0.1) is 12.3 Å². The van der Waals surface area contributed by atoms with Gasteiger partial charge in [-0.15, -0.1) is 12.3 Å². The molecule has 0 fully saturated rings. The molecule has 1 heteroatoms. The maximum Gasteiger partial charge on any atom is 0.0721 e. The second-order valence-electron chi connectivity index (χ2n) is 3.77. The third-order valence-electron chi connectivity index (χ3n) is 2.22. The van der Waals surface area contributed by atoms with E-state index in [-0.39, 0.29) is 0 Å². The molecule has 0 unspecified atom stereocenters. The molecule has 16 heavy (non-hydrogen) atoms. The van der Waals surface area contributed by atoms with E-state index in [1.54, 1.807) is 0 Å². The Hall–Kier alpha value is -1.52. The lowest BCUT2D eigenvalue weighted by atomic mass is 10.2. The van der Waals surface area contributed by atoms with Crippen LogP contribution >= 0.6 is 0 Å². The fraction of sp³-hybridized carbons (Fsp3) is 0.333. The molecule has 0 amide bonds. The maximum atomic E-state index is 5.59. The summed E-state index contributed by atoms with van der Waals surface area (Å²) in [5, 5.41) is 0. The maximum absolute atomic E-state index is 5.59. The van der Waals surface area contributed by atoms with Gasteiger partial charge in [0, 0.05) is 6.42 Å². The fourth-order valence-corrected chi connectivity index (χ4v) is 1.36. The molecular formula is C15H18O. The minimum atomic E-state index is 0.668. The summed E-state index contributed by atoms with van der Waals surface area (Å²) in [4.78, 5) is 0. The number of hydrogen-bond donors (Lipinski definition) is 0. The van der Waals surface area contributed by atoms with Gasteiger partial charge in [0.15, 0.2) is 0 Å². The van der Waals surface area contributed by atoms with E-state index < -0.39 is 0 Å². The van der Waals surface area contributed by atoms with Crippen molar-refractivity contribution in [1.82, 2.24) is 0 Å². The van der Waals surface area contributed by atoms with Crippen molar-refractivity contribution in [3.8, 4) is 12.3 Å². The summed E-state index contributed by atoms with van der Waals surface area (Å²) in [6, 6.07) is 10.2. The van der Waals surface area contributed by atoms with E-state index in [4.69, 9.17) is 11.2 Å². The standard InChI is InChI=1S/C15H18O/c1-3-4-6-9-14(2)12-16-13-15-10-7-5-8-11-15/h1,5,7-11H,4,6,12-13H2,2H3/b14-9+. The van der Waals surface area contributed by atoms with E-state index in [9.17, 15) is 0 Å². The highest BCUT2D eigenvalue weighted by atomic mass is 16.5. The monoisotopic (exact) mass is 214 g/mol. The summed E-state index contributed by atoms with van der Waals surface area (Å²) in [6.07, 6.45) is 9.07. The molecule has 0 saturated heterocycles. The average Bonchev–Trinajstić information content (AvgIpc) is 2.31. The number of allylic oxidation sites excluding steroid dienone is 1. The molecule has 1 nitrogen and oxygen atoms in total. The largest absolute Gasteiger partial charge is 0.372 e. The highest BCUT2D eigenvalue weighted by Crippen LogP contribution is 2.03. The zero-order chi connectivity index (χ0) is 11.6. The van der Waals surface area contributed by atoms with Gasteiger partial charge < -0.3 is 4.74 Å². The predicted octanol–water partition coefficient (Wildman–Crippen LogP) is 3.56. The van der Waals surface area contributed by atoms with Crippen LogP contribution in [0.5, 0.6) is 0 Å². The van der Waals surface area contributed by atoms with Crippen molar-refractivity contribution in [2.24, 2.45) is 0 Å². The van der Waals surface area contributed by atoms with Crippen LogP contribution in [-0.4, -0.2) is 6.61 Å². The Morgan fingerprint density at radius 1 is 1.38 bits per heavy atom. The molecule has 0 aliphatic carbocycles. The second kappa shape index (κ2) is 7.73. The second-order valence-corrected chi connectivity index (χ2v) is 3.77. The molecule has 0 aromatic heterocycles. The smallest absolute Gasteiger partial charge is 0.0721 e. The molecule has 0 aliphatic heterocycles. The number of benzene rings is 1. The van der Waals surface area contributed by atoms with E-state index in [0.29, 0.717) is 13.2 Å². The van der Waals surface area contributed by atoms with E-state index in [0.717, 1.165) is 12.8 Å². The van der Waals surface area contributed by atoms with E-state index >= 15 is 0 Å². The first-order valence-corrected chi connectivity index (χ1v) is 5.53. The first-order valence-electron chi connectivity index (χ1n) is 5.53. The van der Waals surface area contributed by atoms with Crippen molar-refractivity contribution in [2.75, 3.05) is 6.61 Å². The summed E-state index contributed by atoms with van der Waals surface area (Å²) in [5.41, 5.74) is 2.45. The van der Waals surface area contributed by atoms with Crippen LogP contribution < -0.4 is 0 Å². The Bertz CT molecular complexity index is 357. The summed E-state index contributed by atoms with van der Waals surface area (Å²) in [7, 11) is 0. The van der Waals surface area contributed by atoms with Gasteiger partial charge in [-0.2, -0.15) is 0 Å². The van der Waals surface area contributed by atoms with Gasteiger partial charge in [-0.25, -0.2) is 0 Å². The number of rotatable bonds is 6. The van der Waals surface area contributed by atoms with Gasteiger partial charge in [-0.05, 0) is 18.9 Å².